The van der Waals surface area contributed by atoms with Crippen molar-refractivity contribution in [2.45, 2.75) is 33.3 Å². The summed E-state index contributed by atoms with van der Waals surface area (Å²) >= 11 is 0. The van der Waals surface area contributed by atoms with E-state index >= 15 is 0 Å². The van der Waals surface area contributed by atoms with Crippen LogP contribution >= 0.6 is 0 Å². The van der Waals surface area contributed by atoms with Gasteiger partial charge in [-0.05, 0) is 18.3 Å². The van der Waals surface area contributed by atoms with E-state index in [2.05, 4.69) is 0 Å². The minimum atomic E-state index is -0.262. The Labute approximate surface area is 62.9 Å². The molecule has 0 aliphatic carbocycles. The van der Waals surface area contributed by atoms with Crippen molar-refractivity contribution in [1.29, 1.82) is 0 Å². The molecule has 1 unspecified atom stereocenters. The van der Waals surface area contributed by atoms with Gasteiger partial charge in [-0.1, -0.05) is 20.8 Å². The highest BCUT2D eigenvalue weighted by atomic mass is 16.3. The van der Waals surface area contributed by atoms with Gasteiger partial charge in [-0.15, -0.1) is 0 Å². The number of hydrogen-bond donors (Lipinski definition) is 2. The molecule has 0 aliphatic rings. The molecule has 0 saturated heterocycles. The van der Waals surface area contributed by atoms with E-state index in [1.54, 1.807) is 0 Å². The fourth-order valence-corrected chi connectivity index (χ4v) is 0.759. The second-order valence-corrected chi connectivity index (χ2v) is 3.33. The van der Waals surface area contributed by atoms with Crippen LogP contribution < -0.4 is 0 Å². The number of aliphatic hydroxyl groups excluding tert-OH is 2. The van der Waals surface area contributed by atoms with Crippen molar-refractivity contribution in [2.24, 2.45) is 11.8 Å². The molecule has 62 valence electrons. The molecule has 0 amide bonds. The summed E-state index contributed by atoms with van der Waals surface area (Å²) in [7, 11) is 0. The average Bonchev–Trinajstić information content (AvgIpc) is 1.87. The minimum absolute atomic E-state index is 0.170. The van der Waals surface area contributed by atoms with Crippen molar-refractivity contribution < 1.29 is 10.2 Å². The molecule has 0 aromatic heterocycles. The van der Waals surface area contributed by atoms with Crippen LogP contribution in [0.15, 0.2) is 0 Å². The van der Waals surface area contributed by atoms with Crippen LogP contribution in [0.3, 0.4) is 0 Å². The predicted octanol–water partition coefficient (Wildman–Crippen LogP) is 1.02. The first-order valence-corrected chi connectivity index (χ1v) is 3.86. The van der Waals surface area contributed by atoms with E-state index in [1.165, 1.54) is 0 Å². The standard InChI is InChI=1S/C8H18O2/c1-6(2)8(10)4-7(3)5-9/h6-10H,4-5H2,1-3H3/t7-,8?/m0/s1. The SMILES string of the molecule is CC(C)C(O)C[C@H](C)CO. The molecule has 0 rings (SSSR count). The van der Waals surface area contributed by atoms with E-state index in [0.29, 0.717) is 12.3 Å². The molecule has 0 radical (unpaired) electrons. The minimum Gasteiger partial charge on any atom is -0.396 e. The van der Waals surface area contributed by atoms with Gasteiger partial charge in [0.05, 0.1) is 6.10 Å². The van der Waals surface area contributed by atoms with E-state index in [0.717, 1.165) is 0 Å². The molecule has 0 fully saturated rings. The first kappa shape index (κ1) is 9.92. The Morgan fingerprint density at radius 3 is 2.00 bits per heavy atom. The van der Waals surface area contributed by atoms with Crippen LogP contribution in [0.2, 0.25) is 0 Å². The van der Waals surface area contributed by atoms with Crippen molar-refractivity contribution >= 4 is 0 Å². The largest absolute Gasteiger partial charge is 0.396 e. The summed E-state index contributed by atoms with van der Waals surface area (Å²) < 4.78 is 0. The molecule has 0 spiro atoms. The zero-order valence-corrected chi connectivity index (χ0v) is 7.04. The summed E-state index contributed by atoms with van der Waals surface area (Å²) in [5.41, 5.74) is 0. The zero-order chi connectivity index (χ0) is 8.15. The van der Waals surface area contributed by atoms with Gasteiger partial charge in [0, 0.05) is 6.61 Å². The maximum Gasteiger partial charge on any atom is 0.0566 e. The second kappa shape index (κ2) is 4.69. The van der Waals surface area contributed by atoms with Gasteiger partial charge < -0.3 is 10.2 Å². The third kappa shape index (κ3) is 3.85. The molecule has 0 aliphatic heterocycles. The average molecular weight is 146 g/mol. The first-order valence-electron chi connectivity index (χ1n) is 3.86. The fourth-order valence-electron chi connectivity index (χ4n) is 0.759. The summed E-state index contributed by atoms with van der Waals surface area (Å²) in [6.45, 7) is 6.07. The quantitative estimate of drug-likeness (QED) is 0.621. The van der Waals surface area contributed by atoms with Gasteiger partial charge >= 0.3 is 0 Å². The van der Waals surface area contributed by atoms with Crippen LogP contribution in [0.5, 0.6) is 0 Å². The zero-order valence-electron chi connectivity index (χ0n) is 7.04. The summed E-state index contributed by atoms with van der Waals surface area (Å²) in [4.78, 5) is 0. The lowest BCUT2D eigenvalue weighted by molar-refractivity contribution is 0.0850. The van der Waals surface area contributed by atoms with Crippen LogP contribution in [0, 0.1) is 11.8 Å². The van der Waals surface area contributed by atoms with E-state index in [1.807, 2.05) is 20.8 Å². The summed E-state index contributed by atoms with van der Waals surface area (Å²) in [5, 5.41) is 18.0. The Hall–Kier alpha value is -0.0800. The Bertz CT molecular complexity index is 81.3. The van der Waals surface area contributed by atoms with E-state index in [4.69, 9.17) is 5.11 Å². The van der Waals surface area contributed by atoms with Crippen LogP contribution in [0.1, 0.15) is 27.2 Å². The van der Waals surface area contributed by atoms with Crippen molar-refractivity contribution in [1.82, 2.24) is 0 Å². The van der Waals surface area contributed by atoms with Crippen molar-refractivity contribution in [3.63, 3.8) is 0 Å². The Morgan fingerprint density at radius 2 is 1.70 bits per heavy atom. The van der Waals surface area contributed by atoms with Gasteiger partial charge in [0.25, 0.3) is 0 Å². The van der Waals surface area contributed by atoms with Crippen LogP contribution in [0.4, 0.5) is 0 Å². The molecule has 0 aromatic carbocycles. The maximum atomic E-state index is 9.32. The highest BCUT2D eigenvalue weighted by molar-refractivity contribution is 4.63. The molecular weight excluding hydrogens is 128 g/mol. The summed E-state index contributed by atoms with van der Waals surface area (Å²) in [6.07, 6.45) is 0.441. The normalized spacial score (nSPS) is 17.4. The van der Waals surface area contributed by atoms with E-state index in [-0.39, 0.29) is 18.6 Å². The Morgan fingerprint density at radius 1 is 1.20 bits per heavy atom. The van der Waals surface area contributed by atoms with Gasteiger partial charge in [-0.25, -0.2) is 0 Å². The Balaban J connectivity index is 3.46. The fraction of sp³-hybridized carbons (Fsp3) is 1.00. The molecule has 2 nitrogen and oxygen atoms in total. The highest BCUT2D eigenvalue weighted by Gasteiger charge is 2.12. The first-order chi connectivity index (χ1) is 4.57. The van der Waals surface area contributed by atoms with Crippen LogP contribution in [0.25, 0.3) is 0 Å². The van der Waals surface area contributed by atoms with Gasteiger partial charge in [-0.3, -0.25) is 0 Å². The van der Waals surface area contributed by atoms with Crippen LogP contribution in [-0.4, -0.2) is 22.9 Å². The van der Waals surface area contributed by atoms with Gasteiger partial charge in [0.1, 0.15) is 0 Å². The third-order valence-electron chi connectivity index (χ3n) is 1.73. The molecule has 0 bridgehead atoms. The van der Waals surface area contributed by atoms with Gasteiger partial charge in [-0.2, -0.15) is 0 Å². The molecule has 0 saturated carbocycles. The molecule has 0 heterocycles. The lowest BCUT2D eigenvalue weighted by Gasteiger charge is -2.17. The molecule has 10 heavy (non-hydrogen) atoms. The van der Waals surface area contributed by atoms with Crippen molar-refractivity contribution in [3.05, 3.63) is 0 Å². The Kier molecular flexibility index (Phi) is 4.65. The molecular formula is C8H18O2. The van der Waals surface area contributed by atoms with Crippen molar-refractivity contribution in [2.75, 3.05) is 6.61 Å². The highest BCUT2D eigenvalue weighted by Crippen LogP contribution is 2.11. The molecule has 2 heteroatoms. The number of hydrogen-bond acceptors (Lipinski definition) is 2. The monoisotopic (exact) mass is 146 g/mol. The lowest BCUT2D eigenvalue weighted by Crippen LogP contribution is -2.19. The molecule has 2 atom stereocenters. The number of rotatable bonds is 4. The molecule has 0 aromatic rings. The van der Waals surface area contributed by atoms with Crippen molar-refractivity contribution in [3.8, 4) is 0 Å². The van der Waals surface area contributed by atoms with Gasteiger partial charge in [0.15, 0.2) is 0 Å². The second-order valence-electron chi connectivity index (χ2n) is 3.33. The summed E-state index contributed by atoms with van der Waals surface area (Å²) in [6, 6.07) is 0. The topological polar surface area (TPSA) is 40.5 Å². The summed E-state index contributed by atoms with van der Waals surface area (Å²) in [5.74, 6) is 0.520. The maximum absolute atomic E-state index is 9.32. The smallest absolute Gasteiger partial charge is 0.0566 e. The van der Waals surface area contributed by atoms with Crippen LogP contribution in [-0.2, 0) is 0 Å². The predicted molar refractivity (Wildman–Crippen MR) is 41.7 cm³/mol. The lowest BCUT2D eigenvalue weighted by atomic mass is 9.97. The molecule has 2 N–H and O–H groups in total. The third-order valence-corrected chi connectivity index (χ3v) is 1.73. The van der Waals surface area contributed by atoms with E-state index in [9.17, 15) is 5.11 Å². The number of aliphatic hydroxyl groups is 2. The van der Waals surface area contributed by atoms with Gasteiger partial charge in [0.2, 0.25) is 0 Å². The van der Waals surface area contributed by atoms with E-state index < -0.39 is 0 Å².